The molecule has 2 aliphatic rings. The number of hydrogen-bond acceptors (Lipinski definition) is 8. The zero-order valence-corrected chi connectivity index (χ0v) is 22.3. The van der Waals surface area contributed by atoms with Crippen molar-refractivity contribution in [3.8, 4) is 0 Å². The van der Waals surface area contributed by atoms with E-state index in [9.17, 15) is 23.2 Å². The number of aliphatic hydroxyl groups excluding tert-OH is 2. The summed E-state index contributed by atoms with van der Waals surface area (Å²) in [7, 11) is 0. The highest BCUT2D eigenvalue weighted by atomic mass is 19.1. The van der Waals surface area contributed by atoms with Gasteiger partial charge in [0, 0.05) is 25.7 Å². The summed E-state index contributed by atoms with van der Waals surface area (Å²) in [5, 5.41) is 32.5. The van der Waals surface area contributed by atoms with Crippen LogP contribution in [0.1, 0.15) is 24.0 Å². The molecule has 0 aliphatic carbocycles. The predicted molar refractivity (Wildman–Crippen MR) is 139 cm³/mol. The fourth-order valence-corrected chi connectivity index (χ4v) is 4.60. The molecule has 1 amide bonds. The van der Waals surface area contributed by atoms with E-state index in [1.54, 1.807) is 24.3 Å². The van der Waals surface area contributed by atoms with E-state index in [1.807, 2.05) is 4.90 Å². The van der Waals surface area contributed by atoms with Gasteiger partial charge in [0.15, 0.2) is 12.2 Å². The monoisotopic (exact) mass is 580 g/mol. The molecule has 13 heteroatoms. The molecule has 2 aromatic rings. The van der Waals surface area contributed by atoms with Crippen molar-refractivity contribution in [1.29, 1.82) is 0 Å². The van der Waals surface area contributed by atoms with Crippen LogP contribution in [0, 0.1) is 11.6 Å². The number of carboxylic acids is 2. The van der Waals surface area contributed by atoms with Gasteiger partial charge >= 0.3 is 11.9 Å². The van der Waals surface area contributed by atoms with Crippen LogP contribution in [0.2, 0.25) is 0 Å². The Balaban J connectivity index is 0.000000397. The third-order valence-corrected chi connectivity index (χ3v) is 6.90. The van der Waals surface area contributed by atoms with Crippen LogP contribution in [-0.2, 0) is 36.8 Å². The number of ether oxygens (including phenoxy) is 2. The van der Waals surface area contributed by atoms with Crippen molar-refractivity contribution in [3.63, 3.8) is 0 Å². The first kappa shape index (κ1) is 32.0. The Kier molecular flexibility index (Phi) is 12.1. The maximum absolute atomic E-state index is 13.3. The number of piperidine rings is 1. The molecule has 4 rings (SSSR count). The number of hydrogen-bond donors (Lipinski definition) is 4. The van der Waals surface area contributed by atoms with E-state index in [-0.39, 0.29) is 36.0 Å². The molecule has 2 saturated heterocycles. The number of carbonyl (C=O) groups is 3. The lowest BCUT2D eigenvalue weighted by atomic mass is 9.99. The van der Waals surface area contributed by atoms with Gasteiger partial charge < -0.3 is 34.8 Å². The molecule has 2 aromatic carbocycles. The average Bonchev–Trinajstić information content (AvgIpc) is 2.98. The van der Waals surface area contributed by atoms with E-state index >= 15 is 0 Å². The molecule has 2 atom stereocenters. The summed E-state index contributed by atoms with van der Waals surface area (Å²) in [5.74, 6) is -4.15. The lowest BCUT2D eigenvalue weighted by molar-refractivity contribution is -0.165. The van der Waals surface area contributed by atoms with Crippen LogP contribution < -0.4 is 0 Å². The van der Waals surface area contributed by atoms with Gasteiger partial charge in [0.25, 0.3) is 0 Å². The molecule has 0 spiro atoms. The van der Waals surface area contributed by atoms with Crippen LogP contribution in [0.3, 0.4) is 0 Å². The number of amides is 1. The molecule has 0 saturated carbocycles. The van der Waals surface area contributed by atoms with Gasteiger partial charge in [-0.3, -0.25) is 9.69 Å². The van der Waals surface area contributed by atoms with Crippen molar-refractivity contribution in [2.24, 2.45) is 0 Å². The smallest absolute Gasteiger partial charge is 0.335 e. The fourth-order valence-electron chi connectivity index (χ4n) is 4.60. The Morgan fingerprint density at radius 2 is 1.29 bits per heavy atom. The number of benzene rings is 2. The number of carbonyl (C=O) groups excluding carboxylic acids is 1. The average molecular weight is 581 g/mol. The van der Waals surface area contributed by atoms with Crippen molar-refractivity contribution in [2.75, 3.05) is 33.1 Å². The van der Waals surface area contributed by atoms with Gasteiger partial charge in [-0.1, -0.05) is 24.3 Å². The van der Waals surface area contributed by atoms with Crippen molar-refractivity contribution in [1.82, 2.24) is 9.80 Å². The lowest BCUT2D eigenvalue weighted by Crippen LogP contribution is -2.53. The highest BCUT2D eigenvalue weighted by molar-refractivity contribution is 5.83. The van der Waals surface area contributed by atoms with Gasteiger partial charge in [-0.15, -0.1) is 0 Å². The maximum atomic E-state index is 13.3. The molecule has 2 unspecified atom stereocenters. The van der Waals surface area contributed by atoms with Crippen LogP contribution >= 0.6 is 0 Å². The number of aliphatic carboxylic acids is 2. The lowest BCUT2D eigenvalue weighted by Gasteiger charge is -2.42. The summed E-state index contributed by atoms with van der Waals surface area (Å²) < 4.78 is 37.4. The fraction of sp³-hybridized carbons (Fsp3) is 0.464. The molecule has 11 nitrogen and oxygen atoms in total. The summed E-state index contributed by atoms with van der Waals surface area (Å²) in [6.07, 6.45) is -2.61. The van der Waals surface area contributed by atoms with Crippen molar-refractivity contribution < 1.29 is 53.1 Å². The van der Waals surface area contributed by atoms with Crippen LogP contribution in [-0.4, -0.2) is 105 Å². The van der Waals surface area contributed by atoms with Gasteiger partial charge in [-0.05, 0) is 48.2 Å². The third kappa shape index (κ3) is 9.83. The predicted octanol–water partition coefficient (Wildman–Crippen LogP) is 1.25. The minimum absolute atomic E-state index is 0.00119. The molecule has 2 fully saturated rings. The van der Waals surface area contributed by atoms with E-state index in [4.69, 9.17) is 29.9 Å². The molecule has 41 heavy (non-hydrogen) atoms. The summed E-state index contributed by atoms with van der Waals surface area (Å²) in [6.45, 7) is 3.87. The second kappa shape index (κ2) is 15.5. The number of nitrogens with zero attached hydrogens (tertiary/aromatic N) is 2. The second-order valence-electron chi connectivity index (χ2n) is 9.80. The zero-order valence-electron chi connectivity index (χ0n) is 22.3. The number of aliphatic hydroxyl groups is 2. The minimum Gasteiger partial charge on any atom is -0.479 e. The van der Waals surface area contributed by atoms with Gasteiger partial charge in [0.2, 0.25) is 5.91 Å². The van der Waals surface area contributed by atoms with Crippen LogP contribution in [0.25, 0.3) is 0 Å². The molecular formula is C28H34F2N2O9. The Hall–Kier alpha value is -3.49. The van der Waals surface area contributed by atoms with Gasteiger partial charge in [-0.25, -0.2) is 18.4 Å². The number of rotatable bonds is 9. The first-order valence-corrected chi connectivity index (χ1v) is 13.0. The van der Waals surface area contributed by atoms with Crippen LogP contribution in [0.5, 0.6) is 0 Å². The molecule has 4 N–H and O–H groups in total. The van der Waals surface area contributed by atoms with E-state index in [0.717, 1.165) is 37.1 Å². The van der Waals surface area contributed by atoms with Gasteiger partial charge in [0.1, 0.15) is 18.4 Å². The van der Waals surface area contributed by atoms with E-state index < -0.39 is 24.1 Å². The van der Waals surface area contributed by atoms with Crippen molar-refractivity contribution in [3.05, 3.63) is 71.3 Å². The highest BCUT2D eigenvalue weighted by Crippen LogP contribution is 2.23. The Labute approximate surface area is 235 Å². The molecule has 2 aliphatic heterocycles. The molecule has 2 heterocycles. The standard InChI is InChI=1S/C24H28F2N2O3.C4H6O6/c25-20-5-1-18(2-6-20)13-24(29)28(14-19-3-7-21(26)8-4-19)22-9-11-27(12-10-22)23-15-30-17-31-16-23;5-1(3(7)8)2(6)4(9)10/h1-8,22-23H,9-17H2;1-2,5-6H,(H,7,8)(H,9,10). The van der Waals surface area contributed by atoms with Gasteiger partial charge in [0.05, 0.1) is 25.7 Å². The Morgan fingerprint density at radius 1 is 0.829 bits per heavy atom. The Morgan fingerprint density at radius 3 is 1.76 bits per heavy atom. The molecule has 224 valence electrons. The minimum atomic E-state index is -2.27. The van der Waals surface area contributed by atoms with Crippen molar-refractivity contribution in [2.45, 2.75) is 50.1 Å². The quantitative estimate of drug-likeness (QED) is 0.340. The maximum Gasteiger partial charge on any atom is 0.335 e. The number of halogens is 2. The third-order valence-electron chi connectivity index (χ3n) is 6.90. The van der Waals surface area contributed by atoms with E-state index in [1.165, 1.54) is 24.3 Å². The largest absolute Gasteiger partial charge is 0.479 e. The molecular weight excluding hydrogens is 546 g/mol. The normalized spacial score (nSPS) is 18.0. The molecule has 0 bridgehead atoms. The number of carboxylic acid groups (broad SMARTS) is 2. The first-order valence-electron chi connectivity index (χ1n) is 13.0. The first-order chi connectivity index (χ1) is 19.5. The number of likely N-dealkylation sites (tertiary alicyclic amines) is 1. The van der Waals surface area contributed by atoms with Crippen LogP contribution in [0.15, 0.2) is 48.5 Å². The second-order valence-corrected chi connectivity index (χ2v) is 9.80. The molecule has 0 radical (unpaired) electrons. The van der Waals surface area contributed by atoms with Gasteiger partial charge in [-0.2, -0.15) is 0 Å². The van der Waals surface area contributed by atoms with E-state index in [0.29, 0.717) is 26.6 Å². The van der Waals surface area contributed by atoms with Crippen LogP contribution in [0.4, 0.5) is 8.78 Å². The summed E-state index contributed by atoms with van der Waals surface area (Å²) >= 11 is 0. The van der Waals surface area contributed by atoms with E-state index in [2.05, 4.69) is 4.90 Å². The van der Waals surface area contributed by atoms with Crippen molar-refractivity contribution >= 4 is 17.8 Å². The SMILES string of the molecule is O=C(Cc1ccc(F)cc1)N(Cc1ccc(F)cc1)C1CCN(C2COCOC2)CC1.O=C(O)C(O)C(O)C(=O)O. The topological polar surface area (TPSA) is 157 Å². The Bertz CT molecular complexity index is 1120. The summed E-state index contributed by atoms with van der Waals surface area (Å²) in [4.78, 5) is 37.1. The zero-order chi connectivity index (χ0) is 29.9. The summed E-state index contributed by atoms with van der Waals surface area (Å²) in [6, 6.07) is 12.7. The summed E-state index contributed by atoms with van der Waals surface area (Å²) in [5.41, 5.74) is 1.68. The molecule has 0 aromatic heterocycles. The highest BCUT2D eigenvalue weighted by Gasteiger charge is 2.32.